The van der Waals surface area contributed by atoms with Crippen LogP contribution in [0.4, 0.5) is 4.39 Å². The summed E-state index contributed by atoms with van der Waals surface area (Å²) >= 11 is 0. The Bertz CT molecular complexity index is 984. The van der Waals surface area contributed by atoms with Crippen molar-refractivity contribution >= 4 is 11.8 Å². The summed E-state index contributed by atoms with van der Waals surface area (Å²) in [5, 5.41) is 6.48. The van der Waals surface area contributed by atoms with E-state index < -0.39 is 0 Å². The molecule has 0 unspecified atom stereocenters. The van der Waals surface area contributed by atoms with Crippen LogP contribution in [-0.2, 0) is 11.3 Å². The molecule has 8 heteroatoms. The van der Waals surface area contributed by atoms with Crippen LogP contribution in [0.2, 0.25) is 0 Å². The van der Waals surface area contributed by atoms with E-state index >= 15 is 0 Å². The second kappa shape index (κ2) is 9.09. The van der Waals surface area contributed by atoms with Gasteiger partial charge in [-0.05, 0) is 55.8 Å². The predicted octanol–water partition coefficient (Wildman–Crippen LogP) is 2.96. The molecule has 150 valence electrons. The lowest BCUT2D eigenvalue weighted by atomic mass is 10.1. The van der Waals surface area contributed by atoms with Gasteiger partial charge in [-0.25, -0.2) is 4.39 Å². The van der Waals surface area contributed by atoms with Gasteiger partial charge in [0.25, 0.3) is 11.8 Å². The van der Waals surface area contributed by atoms with Crippen LogP contribution in [0, 0.1) is 12.7 Å². The van der Waals surface area contributed by atoms with E-state index in [-0.39, 0.29) is 30.7 Å². The van der Waals surface area contributed by atoms with Gasteiger partial charge in [0, 0.05) is 24.2 Å². The molecule has 0 aliphatic rings. The van der Waals surface area contributed by atoms with Crippen LogP contribution in [0.15, 0.2) is 53.1 Å². The SMILES string of the molecule is CCN(CC(=O)NCc1ccc(F)cc1)C(=O)c1ccc(-c2nc(C)no2)cc1. The van der Waals surface area contributed by atoms with Crippen LogP contribution >= 0.6 is 0 Å². The highest BCUT2D eigenvalue weighted by atomic mass is 19.1. The summed E-state index contributed by atoms with van der Waals surface area (Å²) in [6.45, 7) is 4.11. The van der Waals surface area contributed by atoms with Gasteiger partial charge >= 0.3 is 0 Å². The van der Waals surface area contributed by atoms with Gasteiger partial charge in [-0.2, -0.15) is 4.98 Å². The lowest BCUT2D eigenvalue weighted by Gasteiger charge is -2.20. The molecule has 7 nitrogen and oxygen atoms in total. The second-order valence-corrected chi connectivity index (χ2v) is 6.45. The Kier molecular flexibility index (Phi) is 6.33. The van der Waals surface area contributed by atoms with Crippen molar-refractivity contribution in [2.75, 3.05) is 13.1 Å². The lowest BCUT2D eigenvalue weighted by Crippen LogP contribution is -2.40. The summed E-state index contributed by atoms with van der Waals surface area (Å²) in [6.07, 6.45) is 0. The number of hydrogen-bond donors (Lipinski definition) is 1. The number of benzene rings is 2. The minimum atomic E-state index is -0.330. The minimum absolute atomic E-state index is 0.0683. The molecule has 0 atom stereocenters. The summed E-state index contributed by atoms with van der Waals surface area (Å²) in [4.78, 5) is 30.6. The lowest BCUT2D eigenvalue weighted by molar-refractivity contribution is -0.121. The third-order valence-electron chi connectivity index (χ3n) is 4.31. The van der Waals surface area contributed by atoms with Gasteiger partial charge in [-0.15, -0.1) is 0 Å². The van der Waals surface area contributed by atoms with E-state index in [9.17, 15) is 14.0 Å². The van der Waals surface area contributed by atoms with Gasteiger partial charge in [0.15, 0.2) is 5.82 Å². The first kappa shape index (κ1) is 20.2. The zero-order valence-corrected chi connectivity index (χ0v) is 16.2. The molecule has 0 fully saturated rings. The third-order valence-corrected chi connectivity index (χ3v) is 4.31. The Morgan fingerprint density at radius 3 is 2.38 bits per heavy atom. The number of likely N-dealkylation sites (N-methyl/N-ethyl adjacent to an activating group) is 1. The first-order valence-electron chi connectivity index (χ1n) is 9.17. The standard InChI is InChI=1S/C21H21FN4O3/c1-3-26(13-19(27)23-12-15-4-10-18(22)11-5-15)21(28)17-8-6-16(7-9-17)20-24-14(2)25-29-20/h4-11H,3,12-13H2,1-2H3,(H,23,27). The molecule has 3 aromatic rings. The number of nitrogens with zero attached hydrogens (tertiary/aromatic N) is 3. The van der Waals surface area contributed by atoms with E-state index in [2.05, 4.69) is 15.5 Å². The fraction of sp³-hybridized carbons (Fsp3) is 0.238. The fourth-order valence-corrected chi connectivity index (χ4v) is 2.71. The highest BCUT2D eigenvalue weighted by Crippen LogP contribution is 2.18. The first-order chi connectivity index (χ1) is 14.0. The van der Waals surface area contributed by atoms with E-state index in [1.807, 2.05) is 0 Å². The summed E-state index contributed by atoms with van der Waals surface area (Å²) in [7, 11) is 0. The van der Waals surface area contributed by atoms with Crippen molar-refractivity contribution in [3.05, 3.63) is 71.3 Å². The quantitative estimate of drug-likeness (QED) is 0.663. The molecule has 29 heavy (non-hydrogen) atoms. The van der Waals surface area contributed by atoms with E-state index in [0.717, 1.165) is 5.56 Å². The number of rotatable bonds is 7. The van der Waals surface area contributed by atoms with Gasteiger partial charge in [0.05, 0.1) is 6.54 Å². The normalized spacial score (nSPS) is 10.6. The van der Waals surface area contributed by atoms with Crippen molar-refractivity contribution in [3.63, 3.8) is 0 Å². The summed E-state index contributed by atoms with van der Waals surface area (Å²) in [5.41, 5.74) is 1.95. The molecular weight excluding hydrogens is 375 g/mol. The molecule has 2 aromatic carbocycles. The molecule has 0 saturated heterocycles. The van der Waals surface area contributed by atoms with Crippen molar-refractivity contribution < 1.29 is 18.5 Å². The fourth-order valence-electron chi connectivity index (χ4n) is 2.71. The van der Waals surface area contributed by atoms with Gasteiger partial charge in [0.1, 0.15) is 5.82 Å². The number of amides is 2. The Balaban J connectivity index is 1.59. The van der Waals surface area contributed by atoms with E-state index in [0.29, 0.717) is 29.4 Å². The highest BCUT2D eigenvalue weighted by Gasteiger charge is 2.18. The molecule has 0 bridgehead atoms. The number of nitrogens with one attached hydrogen (secondary N) is 1. The maximum Gasteiger partial charge on any atom is 0.257 e. The van der Waals surface area contributed by atoms with Crippen LogP contribution < -0.4 is 5.32 Å². The maximum absolute atomic E-state index is 12.9. The molecular formula is C21H21FN4O3. The monoisotopic (exact) mass is 396 g/mol. The second-order valence-electron chi connectivity index (χ2n) is 6.45. The molecule has 0 aliphatic heterocycles. The van der Waals surface area contributed by atoms with Gasteiger partial charge in [-0.1, -0.05) is 17.3 Å². The zero-order valence-electron chi connectivity index (χ0n) is 16.2. The van der Waals surface area contributed by atoms with E-state index in [1.54, 1.807) is 50.2 Å². The topological polar surface area (TPSA) is 88.3 Å². The van der Waals surface area contributed by atoms with Crippen LogP contribution in [-0.4, -0.2) is 39.9 Å². The van der Waals surface area contributed by atoms with Gasteiger partial charge < -0.3 is 14.7 Å². The number of aromatic nitrogens is 2. The largest absolute Gasteiger partial charge is 0.350 e. The molecule has 0 spiro atoms. The zero-order chi connectivity index (χ0) is 20.8. The third kappa shape index (κ3) is 5.25. The smallest absolute Gasteiger partial charge is 0.257 e. The molecule has 3 rings (SSSR count). The van der Waals surface area contributed by atoms with Crippen molar-refractivity contribution in [3.8, 4) is 11.5 Å². The molecule has 1 heterocycles. The van der Waals surface area contributed by atoms with Crippen LogP contribution in [0.1, 0.15) is 28.7 Å². The van der Waals surface area contributed by atoms with Crippen molar-refractivity contribution in [1.82, 2.24) is 20.4 Å². The van der Waals surface area contributed by atoms with E-state index in [4.69, 9.17) is 4.52 Å². The molecule has 1 N–H and O–H groups in total. The van der Waals surface area contributed by atoms with Crippen molar-refractivity contribution in [1.29, 1.82) is 0 Å². The summed E-state index contributed by atoms with van der Waals surface area (Å²) in [5.74, 6) is 0.0428. The van der Waals surface area contributed by atoms with Crippen LogP contribution in [0.3, 0.4) is 0 Å². The van der Waals surface area contributed by atoms with Crippen molar-refractivity contribution in [2.24, 2.45) is 0 Å². The van der Waals surface area contributed by atoms with Gasteiger partial charge in [0.2, 0.25) is 5.91 Å². The molecule has 1 aromatic heterocycles. The Morgan fingerprint density at radius 2 is 1.79 bits per heavy atom. The number of aryl methyl sites for hydroxylation is 1. The Labute approximate surface area is 167 Å². The molecule has 0 aliphatic carbocycles. The highest BCUT2D eigenvalue weighted by molar-refractivity contribution is 5.96. The summed E-state index contributed by atoms with van der Waals surface area (Å²) in [6, 6.07) is 12.7. The number of carbonyl (C=O) groups excluding carboxylic acids is 2. The predicted molar refractivity (Wildman–Crippen MR) is 104 cm³/mol. The van der Waals surface area contributed by atoms with Crippen LogP contribution in [0.5, 0.6) is 0 Å². The van der Waals surface area contributed by atoms with Crippen molar-refractivity contribution in [2.45, 2.75) is 20.4 Å². The molecule has 0 saturated carbocycles. The maximum atomic E-state index is 12.9. The number of halogens is 1. The Morgan fingerprint density at radius 1 is 1.10 bits per heavy atom. The summed E-state index contributed by atoms with van der Waals surface area (Å²) < 4.78 is 18.0. The number of hydrogen-bond acceptors (Lipinski definition) is 5. The Hall–Kier alpha value is -3.55. The molecule has 0 radical (unpaired) electrons. The minimum Gasteiger partial charge on any atom is -0.350 e. The molecule has 2 amide bonds. The van der Waals surface area contributed by atoms with Gasteiger partial charge in [-0.3, -0.25) is 9.59 Å². The average molecular weight is 396 g/mol. The van der Waals surface area contributed by atoms with E-state index in [1.165, 1.54) is 17.0 Å². The first-order valence-corrected chi connectivity index (χ1v) is 9.17. The van der Waals surface area contributed by atoms with Crippen LogP contribution in [0.25, 0.3) is 11.5 Å². The number of carbonyl (C=O) groups is 2. The average Bonchev–Trinajstić information content (AvgIpc) is 3.17.